The third-order valence-corrected chi connectivity index (χ3v) is 12.4. The zero-order valence-corrected chi connectivity index (χ0v) is 32.7. The van der Waals surface area contributed by atoms with Gasteiger partial charge in [-0.15, -0.1) is 17.9 Å². The summed E-state index contributed by atoms with van der Waals surface area (Å²) in [6, 6.07) is 16.2. The van der Waals surface area contributed by atoms with E-state index in [1.165, 1.54) is 11.0 Å². The molecule has 2 aliphatic carbocycles. The number of ether oxygens (including phenoxy) is 2. The minimum Gasteiger partial charge on any atom is -0.472 e. The van der Waals surface area contributed by atoms with Crippen LogP contribution in [-0.4, -0.2) is 83.2 Å². The molecule has 2 saturated carbocycles. The molecule has 0 radical (unpaired) electrons. The van der Waals surface area contributed by atoms with Crippen LogP contribution in [0.2, 0.25) is 0 Å². The fraction of sp³-hybridized carbons (Fsp3) is 0.462. The first kappa shape index (κ1) is 38.9. The van der Waals surface area contributed by atoms with Gasteiger partial charge in [0.15, 0.2) is 6.10 Å². The number of hydrogen-bond acceptors (Lipinski definition) is 10. The molecule has 0 spiro atoms. The van der Waals surface area contributed by atoms with E-state index in [1.807, 2.05) is 60.0 Å². The Morgan fingerprint density at radius 3 is 2.37 bits per heavy atom. The maximum absolute atomic E-state index is 14.4. The molecule has 288 valence electrons. The number of sulfonamides is 1. The van der Waals surface area contributed by atoms with Gasteiger partial charge in [0.05, 0.1) is 17.5 Å². The molecule has 1 aliphatic heterocycles. The summed E-state index contributed by atoms with van der Waals surface area (Å²) in [6.45, 7) is 12.5. The lowest BCUT2D eigenvalue weighted by molar-refractivity contribution is -0.147. The number of likely N-dealkylation sites (tertiary alicyclic amines) is 1. The molecule has 15 heteroatoms. The summed E-state index contributed by atoms with van der Waals surface area (Å²) in [5, 5.41) is 6.83. The van der Waals surface area contributed by atoms with Crippen molar-refractivity contribution in [1.82, 2.24) is 25.2 Å². The minimum atomic E-state index is -3.90. The van der Waals surface area contributed by atoms with Crippen LogP contribution in [0.3, 0.4) is 0 Å². The summed E-state index contributed by atoms with van der Waals surface area (Å²) in [4.78, 5) is 62.1. The van der Waals surface area contributed by atoms with E-state index in [0.717, 1.165) is 16.0 Å². The number of rotatable bonds is 13. The van der Waals surface area contributed by atoms with Crippen molar-refractivity contribution in [3.63, 3.8) is 0 Å². The number of aromatic nitrogens is 1. The molecule has 1 aromatic carbocycles. The molecule has 0 unspecified atom stereocenters. The van der Waals surface area contributed by atoms with Crippen LogP contribution in [0.5, 0.6) is 5.88 Å². The first-order chi connectivity index (χ1) is 25.5. The third kappa shape index (κ3) is 8.78. The van der Waals surface area contributed by atoms with Gasteiger partial charge in [0.2, 0.25) is 21.8 Å². The Morgan fingerprint density at radius 1 is 1.06 bits per heavy atom. The number of alkyl carbamates (subject to hydrolysis) is 1. The number of carbonyl (C=O) groups is 4. The van der Waals surface area contributed by atoms with Crippen LogP contribution >= 0.6 is 11.3 Å². The molecule has 3 aromatic rings. The summed E-state index contributed by atoms with van der Waals surface area (Å²) >= 11 is 1.56. The zero-order chi connectivity index (χ0) is 39.0. The second-order valence-electron chi connectivity index (χ2n) is 15.5. The smallest absolute Gasteiger partial charge is 0.408 e. The summed E-state index contributed by atoms with van der Waals surface area (Å²) in [6.07, 6.45) is -0.208. The maximum atomic E-state index is 14.4. The van der Waals surface area contributed by atoms with Crippen LogP contribution in [-0.2, 0) is 29.1 Å². The van der Waals surface area contributed by atoms with E-state index in [-0.39, 0.29) is 25.3 Å². The lowest BCUT2D eigenvalue weighted by Crippen LogP contribution is -2.58. The monoisotopic (exact) mass is 777 g/mol. The van der Waals surface area contributed by atoms with Gasteiger partial charge in [-0.05, 0) is 69.0 Å². The van der Waals surface area contributed by atoms with Gasteiger partial charge in [-0.2, -0.15) is 0 Å². The summed E-state index contributed by atoms with van der Waals surface area (Å²) in [5.74, 6) is -2.85. The molecule has 6 rings (SSSR count). The van der Waals surface area contributed by atoms with Crippen LogP contribution < -0.4 is 20.1 Å². The van der Waals surface area contributed by atoms with E-state index in [1.54, 1.807) is 46.0 Å². The van der Waals surface area contributed by atoms with Crippen LogP contribution in [0, 0.1) is 11.8 Å². The topological polar surface area (TPSA) is 173 Å². The van der Waals surface area contributed by atoms with Gasteiger partial charge in [0, 0.05) is 34.4 Å². The third-order valence-electron chi connectivity index (χ3n) is 9.62. The second kappa shape index (κ2) is 15.2. The average Bonchev–Trinajstić information content (AvgIpc) is 3.98. The molecule has 0 bridgehead atoms. The van der Waals surface area contributed by atoms with Crippen LogP contribution in [0.1, 0.15) is 60.3 Å². The molecule has 5 atom stereocenters. The first-order valence-corrected chi connectivity index (χ1v) is 20.5. The van der Waals surface area contributed by atoms with Crippen molar-refractivity contribution < 1.29 is 37.1 Å². The summed E-state index contributed by atoms with van der Waals surface area (Å²) in [5.41, 5.74) is 0.239. The number of thiophene rings is 1. The molecule has 3 fully saturated rings. The number of benzene rings is 1. The fourth-order valence-electron chi connectivity index (χ4n) is 6.56. The van der Waals surface area contributed by atoms with E-state index < -0.39 is 80.3 Å². The van der Waals surface area contributed by atoms with Crippen molar-refractivity contribution in [2.75, 3.05) is 6.54 Å². The number of amides is 4. The predicted molar refractivity (Wildman–Crippen MR) is 205 cm³/mol. The van der Waals surface area contributed by atoms with Gasteiger partial charge in [-0.1, -0.05) is 56.3 Å². The quantitative estimate of drug-likeness (QED) is 0.201. The first-order valence-electron chi connectivity index (χ1n) is 18.1. The van der Waals surface area contributed by atoms with Crippen molar-refractivity contribution in [3.05, 3.63) is 72.6 Å². The highest BCUT2D eigenvalue weighted by atomic mass is 32.2. The number of carbonyl (C=O) groups excluding carboxylic acids is 4. The van der Waals surface area contributed by atoms with E-state index in [2.05, 4.69) is 21.9 Å². The van der Waals surface area contributed by atoms with Crippen molar-refractivity contribution in [1.29, 1.82) is 0 Å². The van der Waals surface area contributed by atoms with Crippen LogP contribution in [0.25, 0.3) is 21.7 Å². The molecule has 4 amide bonds. The molecule has 1 saturated heterocycles. The number of nitrogens with zero attached hydrogens (tertiary/aromatic N) is 2. The van der Waals surface area contributed by atoms with E-state index in [4.69, 9.17) is 14.5 Å². The Balaban J connectivity index is 1.30. The SMILES string of the molecule is C=C[C@@H]1C[C@]1(NC(=O)[C@@H]1C[C@@H](Oc2cc(-c3cccs3)cc(-c3ccccc3)n2)CN1C(=O)[C@@H](OC(=O)NC(C)(C)C)C(C)C)C(=O)NS(=O)(=O)C1CC1. The molecule has 54 heavy (non-hydrogen) atoms. The zero-order valence-electron chi connectivity index (χ0n) is 31.0. The van der Waals surface area contributed by atoms with Crippen molar-refractivity contribution in [2.24, 2.45) is 11.8 Å². The highest BCUT2D eigenvalue weighted by molar-refractivity contribution is 7.91. The lowest BCUT2D eigenvalue weighted by Gasteiger charge is -2.31. The minimum absolute atomic E-state index is 0.0129. The number of nitrogens with one attached hydrogen (secondary N) is 3. The molecule has 3 N–H and O–H groups in total. The molecule has 3 aliphatic rings. The van der Waals surface area contributed by atoms with Crippen molar-refractivity contribution in [3.8, 4) is 27.6 Å². The maximum Gasteiger partial charge on any atom is 0.408 e. The van der Waals surface area contributed by atoms with Gasteiger partial charge in [-0.25, -0.2) is 18.2 Å². The Hall–Kier alpha value is -4.76. The molecule has 2 aromatic heterocycles. The second-order valence-corrected chi connectivity index (χ2v) is 18.4. The predicted octanol–water partition coefficient (Wildman–Crippen LogP) is 5.04. The highest BCUT2D eigenvalue weighted by Crippen LogP contribution is 2.45. The van der Waals surface area contributed by atoms with E-state index in [0.29, 0.717) is 18.5 Å². The van der Waals surface area contributed by atoms with Crippen molar-refractivity contribution in [2.45, 2.75) is 94.9 Å². The largest absolute Gasteiger partial charge is 0.472 e. The van der Waals surface area contributed by atoms with Gasteiger partial charge in [0.25, 0.3) is 11.8 Å². The van der Waals surface area contributed by atoms with Gasteiger partial charge >= 0.3 is 6.09 Å². The Bertz CT molecular complexity index is 2010. The standard InChI is InChI=1S/C39H47N5O8S2/c1-7-26-21-39(26,36(47)43-54(49,50)28-15-16-28)41-34(45)30-20-27(22-44(30)35(46)33(23(2)3)52-37(48)42-38(4,5)6)51-32-19-25(31-14-11-17-53-31)18-29(40-32)24-12-9-8-10-13-24/h7-14,17-19,23,26-28,30,33H,1,15-16,20-22H2,2-6H3,(H,41,45)(H,42,48)(H,43,47)/t26-,27-,30+,33+,39-/m1/s1. The molecule has 13 nitrogen and oxygen atoms in total. The molecular weight excluding hydrogens is 731 g/mol. The summed E-state index contributed by atoms with van der Waals surface area (Å²) in [7, 11) is -3.90. The van der Waals surface area contributed by atoms with Crippen LogP contribution in [0.15, 0.2) is 72.6 Å². The van der Waals surface area contributed by atoms with Crippen LogP contribution in [0.4, 0.5) is 4.79 Å². The Kier molecular flexibility index (Phi) is 10.9. The normalized spacial score (nSPS) is 22.9. The number of hydrogen-bond donors (Lipinski definition) is 3. The number of pyridine rings is 1. The van der Waals surface area contributed by atoms with Gasteiger partial charge < -0.3 is 25.0 Å². The average molecular weight is 778 g/mol. The van der Waals surface area contributed by atoms with Crippen molar-refractivity contribution >= 4 is 45.2 Å². The van der Waals surface area contributed by atoms with E-state index >= 15 is 0 Å². The fourth-order valence-corrected chi connectivity index (χ4v) is 8.64. The highest BCUT2D eigenvalue weighted by Gasteiger charge is 2.62. The molecule has 3 heterocycles. The lowest BCUT2D eigenvalue weighted by atomic mass is 10.0. The van der Waals surface area contributed by atoms with Gasteiger partial charge in [0.1, 0.15) is 17.7 Å². The Labute approximate surface area is 320 Å². The molecular formula is C39H47N5O8S2. The van der Waals surface area contributed by atoms with E-state index in [9.17, 15) is 27.6 Å². The Morgan fingerprint density at radius 2 is 1.78 bits per heavy atom. The summed E-state index contributed by atoms with van der Waals surface area (Å²) < 4.78 is 39.7. The van der Waals surface area contributed by atoms with Gasteiger partial charge in [-0.3, -0.25) is 19.1 Å².